The summed E-state index contributed by atoms with van der Waals surface area (Å²) in [5, 5.41) is 32.8. The Kier molecular flexibility index (Phi) is 7.09. The largest absolute Gasteiger partial charge is 0.508 e. The third-order valence-electron chi connectivity index (χ3n) is 5.03. The molecule has 0 bridgehead atoms. The Morgan fingerprint density at radius 2 is 1.84 bits per heavy atom. The molecule has 0 spiro atoms. The summed E-state index contributed by atoms with van der Waals surface area (Å²) in [5.74, 6) is 0.589. The SMILES string of the molecule is Cc1cc(NC(=O)Cc2cccc(CC(C)(C)NCC(O)c3ccc(O)cc3)c2)n[nH]1. The van der Waals surface area contributed by atoms with Gasteiger partial charge in [0.1, 0.15) is 5.75 Å². The Morgan fingerprint density at radius 3 is 2.52 bits per heavy atom. The molecule has 0 saturated carbocycles. The highest BCUT2D eigenvalue weighted by Gasteiger charge is 2.20. The number of phenolic OH excluding ortho intramolecular Hbond substituents is 1. The number of aromatic hydroxyl groups is 1. The van der Waals surface area contributed by atoms with Crippen molar-refractivity contribution < 1.29 is 15.0 Å². The lowest BCUT2D eigenvalue weighted by atomic mass is 9.93. The molecular weight excluding hydrogens is 392 g/mol. The molecular formula is C24H30N4O3. The predicted octanol–water partition coefficient (Wildman–Crippen LogP) is 3.25. The zero-order chi connectivity index (χ0) is 22.4. The molecule has 2 aromatic carbocycles. The minimum Gasteiger partial charge on any atom is -0.508 e. The molecule has 0 aliphatic carbocycles. The lowest BCUT2D eigenvalue weighted by Crippen LogP contribution is -2.43. The predicted molar refractivity (Wildman–Crippen MR) is 121 cm³/mol. The van der Waals surface area contributed by atoms with Gasteiger partial charge in [0.2, 0.25) is 5.91 Å². The van der Waals surface area contributed by atoms with Gasteiger partial charge in [0, 0.05) is 23.8 Å². The quantitative estimate of drug-likeness (QED) is 0.364. The average Bonchev–Trinajstić information content (AvgIpc) is 3.11. The van der Waals surface area contributed by atoms with E-state index in [4.69, 9.17) is 0 Å². The van der Waals surface area contributed by atoms with Gasteiger partial charge in [-0.05, 0) is 56.0 Å². The summed E-state index contributed by atoms with van der Waals surface area (Å²) in [7, 11) is 0. The lowest BCUT2D eigenvalue weighted by Gasteiger charge is -2.28. The highest BCUT2D eigenvalue weighted by atomic mass is 16.3. The smallest absolute Gasteiger partial charge is 0.229 e. The summed E-state index contributed by atoms with van der Waals surface area (Å²) in [4.78, 5) is 12.3. The van der Waals surface area contributed by atoms with Crippen LogP contribution in [0.25, 0.3) is 0 Å². The van der Waals surface area contributed by atoms with Crippen molar-refractivity contribution in [2.75, 3.05) is 11.9 Å². The number of aryl methyl sites for hydroxylation is 1. The molecule has 5 N–H and O–H groups in total. The van der Waals surface area contributed by atoms with Gasteiger partial charge in [0.05, 0.1) is 12.5 Å². The van der Waals surface area contributed by atoms with Crippen LogP contribution in [0.4, 0.5) is 5.82 Å². The maximum Gasteiger partial charge on any atom is 0.229 e. The maximum atomic E-state index is 12.3. The van der Waals surface area contributed by atoms with E-state index >= 15 is 0 Å². The molecule has 0 radical (unpaired) electrons. The van der Waals surface area contributed by atoms with Crippen molar-refractivity contribution in [3.05, 3.63) is 77.0 Å². The van der Waals surface area contributed by atoms with E-state index in [-0.39, 0.29) is 23.6 Å². The van der Waals surface area contributed by atoms with Gasteiger partial charge in [0.15, 0.2) is 5.82 Å². The first-order valence-corrected chi connectivity index (χ1v) is 10.3. The number of carbonyl (C=O) groups is 1. The number of nitrogens with one attached hydrogen (secondary N) is 3. The topological polar surface area (TPSA) is 110 Å². The maximum absolute atomic E-state index is 12.3. The normalized spacial score (nSPS) is 12.5. The number of carbonyl (C=O) groups excluding carboxylic acids is 1. The molecule has 3 rings (SSSR count). The molecule has 31 heavy (non-hydrogen) atoms. The van der Waals surface area contributed by atoms with Gasteiger partial charge < -0.3 is 20.8 Å². The number of amides is 1. The third kappa shape index (κ3) is 6.94. The minimum absolute atomic E-state index is 0.113. The van der Waals surface area contributed by atoms with Crippen molar-refractivity contribution >= 4 is 11.7 Å². The number of hydrogen-bond donors (Lipinski definition) is 5. The summed E-state index contributed by atoms with van der Waals surface area (Å²) in [6.07, 6.45) is 0.344. The fourth-order valence-corrected chi connectivity index (χ4v) is 3.46. The van der Waals surface area contributed by atoms with Crippen LogP contribution < -0.4 is 10.6 Å². The standard InChI is InChI=1S/C24H30N4O3/c1-16-11-22(28-27-16)26-23(31)13-17-5-4-6-18(12-17)14-24(2,3)25-15-21(30)19-7-9-20(29)10-8-19/h4-12,21,25,29-30H,13-15H2,1-3H3,(H2,26,27,28,31). The highest BCUT2D eigenvalue weighted by Crippen LogP contribution is 2.19. The van der Waals surface area contributed by atoms with Gasteiger partial charge in [-0.25, -0.2) is 0 Å². The number of aromatic amines is 1. The number of H-pyrrole nitrogens is 1. The number of β-amino-alcohol motifs (C(OH)–C–C–N with tert-alkyl or cyclic N) is 1. The van der Waals surface area contributed by atoms with Crippen LogP contribution in [0, 0.1) is 6.92 Å². The number of aromatic nitrogens is 2. The van der Waals surface area contributed by atoms with Gasteiger partial charge >= 0.3 is 0 Å². The Labute approximate surface area is 182 Å². The first kappa shape index (κ1) is 22.5. The van der Waals surface area contributed by atoms with Crippen molar-refractivity contribution in [2.45, 2.75) is 45.3 Å². The van der Waals surface area contributed by atoms with Crippen LogP contribution in [-0.4, -0.2) is 38.4 Å². The molecule has 0 saturated heterocycles. The first-order valence-electron chi connectivity index (χ1n) is 10.3. The Morgan fingerprint density at radius 1 is 1.13 bits per heavy atom. The molecule has 7 nitrogen and oxygen atoms in total. The molecule has 0 aliphatic heterocycles. The molecule has 7 heteroatoms. The average molecular weight is 423 g/mol. The summed E-state index contributed by atoms with van der Waals surface area (Å²) in [6, 6.07) is 16.3. The molecule has 164 valence electrons. The van der Waals surface area contributed by atoms with Crippen LogP contribution in [0.15, 0.2) is 54.6 Å². The van der Waals surface area contributed by atoms with Crippen LogP contribution in [-0.2, 0) is 17.6 Å². The van der Waals surface area contributed by atoms with E-state index in [1.54, 1.807) is 30.3 Å². The van der Waals surface area contributed by atoms with Gasteiger partial charge in [-0.1, -0.05) is 36.4 Å². The highest BCUT2D eigenvalue weighted by molar-refractivity contribution is 5.91. The zero-order valence-corrected chi connectivity index (χ0v) is 18.1. The summed E-state index contributed by atoms with van der Waals surface area (Å²) in [5.41, 5.74) is 3.43. The van der Waals surface area contributed by atoms with E-state index in [0.717, 1.165) is 28.8 Å². The molecule has 0 fully saturated rings. The van der Waals surface area contributed by atoms with Crippen molar-refractivity contribution in [1.82, 2.24) is 15.5 Å². The van der Waals surface area contributed by atoms with E-state index in [1.807, 2.05) is 31.2 Å². The second-order valence-corrected chi connectivity index (χ2v) is 8.53. The van der Waals surface area contributed by atoms with Crippen LogP contribution in [0.1, 0.15) is 42.3 Å². The molecule has 1 atom stereocenters. The monoisotopic (exact) mass is 422 g/mol. The Balaban J connectivity index is 1.54. The Hall–Kier alpha value is -3.16. The van der Waals surface area contributed by atoms with Gasteiger partial charge in [0.25, 0.3) is 0 Å². The van der Waals surface area contributed by atoms with Crippen LogP contribution in [0.2, 0.25) is 0 Å². The fraction of sp³-hybridized carbons (Fsp3) is 0.333. The van der Waals surface area contributed by atoms with Crippen LogP contribution >= 0.6 is 0 Å². The number of rotatable bonds is 9. The molecule has 3 aromatic rings. The summed E-state index contributed by atoms with van der Waals surface area (Å²) in [6.45, 7) is 6.43. The number of benzene rings is 2. The van der Waals surface area contributed by atoms with Gasteiger partial charge in [-0.3, -0.25) is 9.89 Å². The molecule has 1 aromatic heterocycles. The zero-order valence-electron chi connectivity index (χ0n) is 18.1. The van der Waals surface area contributed by atoms with Crippen molar-refractivity contribution in [3.8, 4) is 5.75 Å². The van der Waals surface area contributed by atoms with Gasteiger partial charge in [-0.15, -0.1) is 0 Å². The van der Waals surface area contributed by atoms with Crippen molar-refractivity contribution in [3.63, 3.8) is 0 Å². The number of phenols is 1. The number of hydrogen-bond acceptors (Lipinski definition) is 5. The van der Waals surface area contributed by atoms with E-state index in [0.29, 0.717) is 12.4 Å². The molecule has 1 unspecified atom stereocenters. The Bertz CT molecular complexity index is 1010. The number of aliphatic hydroxyl groups excluding tert-OH is 1. The summed E-state index contributed by atoms with van der Waals surface area (Å²) < 4.78 is 0. The van der Waals surface area contributed by atoms with Crippen molar-refractivity contribution in [1.29, 1.82) is 0 Å². The third-order valence-corrected chi connectivity index (χ3v) is 5.03. The van der Waals surface area contributed by atoms with Crippen LogP contribution in [0.3, 0.4) is 0 Å². The molecule has 1 heterocycles. The van der Waals surface area contributed by atoms with Crippen molar-refractivity contribution in [2.24, 2.45) is 0 Å². The minimum atomic E-state index is -0.666. The van der Waals surface area contributed by atoms with Crippen LogP contribution in [0.5, 0.6) is 5.75 Å². The fourth-order valence-electron chi connectivity index (χ4n) is 3.46. The second kappa shape index (κ2) is 9.76. The number of nitrogens with zero attached hydrogens (tertiary/aromatic N) is 1. The molecule has 1 amide bonds. The number of anilines is 1. The van der Waals surface area contributed by atoms with E-state index < -0.39 is 6.10 Å². The summed E-state index contributed by atoms with van der Waals surface area (Å²) >= 11 is 0. The van der Waals surface area contributed by atoms with E-state index in [9.17, 15) is 15.0 Å². The lowest BCUT2D eigenvalue weighted by molar-refractivity contribution is -0.115. The molecule has 0 aliphatic rings. The second-order valence-electron chi connectivity index (χ2n) is 8.53. The van der Waals surface area contributed by atoms with E-state index in [2.05, 4.69) is 34.7 Å². The van der Waals surface area contributed by atoms with E-state index in [1.165, 1.54) is 0 Å². The first-order chi connectivity index (χ1) is 14.7. The van der Waals surface area contributed by atoms with Gasteiger partial charge in [-0.2, -0.15) is 5.10 Å². The number of aliphatic hydroxyl groups is 1.